The van der Waals surface area contributed by atoms with E-state index in [1.807, 2.05) is 4.90 Å². The van der Waals surface area contributed by atoms with Crippen molar-refractivity contribution in [3.05, 3.63) is 47.2 Å². The number of hydrogen-bond donors (Lipinski definition) is 2. The van der Waals surface area contributed by atoms with Gasteiger partial charge in [-0.25, -0.2) is 18.2 Å². The highest BCUT2D eigenvalue weighted by atomic mass is 19.1. The lowest BCUT2D eigenvalue weighted by Gasteiger charge is -2.43. The minimum absolute atomic E-state index is 0.0464. The second-order valence-electron chi connectivity index (χ2n) is 12.4. The molecule has 4 aliphatic rings. The van der Waals surface area contributed by atoms with Crippen LogP contribution in [0.4, 0.5) is 19.0 Å². The number of alkyl halides is 1. The van der Waals surface area contributed by atoms with Gasteiger partial charge in [0.1, 0.15) is 47.5 Å². The van der Waals surface area contributed by atoms with E-state index in [1.165, 1.54) is 24.3 Å². The molecule has 4 aromatic rings. The van der Waals surface area contributed by atoms with E-state index in [4.69, 9.17) is 16.1 Å². The summed E-state index contributed by atoms with van der Waals surface area (Å²) < 4.78 is 52.3. The van der Waals surface area contributed by atoms with Crippen LogP contribution >= 0.6 is 0 Å². The number of fused-ring (bicyclic) bond motifs is 4. The zero-order chi connectivity index (χ0) is 30.3. The predicted octanol–water partition coefficient (Wildman–Crippen LogP) is 5.17. The van der Waals surface area contributed by atoms with Gasteiger partial charge in [0.15, 0.2) is 5.82 Å². The number of benzene rings is 2. The highest BCUT2D eigenvalue weighted by Gasteiger charge is 2.49. The SMILES string of the molecule is C#Cc1c(F)ccc2cc(O)cc(-c3nc4c5c(nc(OC[C@@]67CCCN6C[C@H](F)C7)nc5c3F)N3CCCC[C@H]3[C@H]4O)c12. The molecule has 6 heterocycles. The van der Waals surface area contributed by atoms with Gasteiger partial charge in [0, 0.05) is 30.5 Å². The van der Waals surface area contributed by atoms with E-state index in [9.17, 15) is 19.0 Å². The van der Waals surface area contributed by atoms with Crippen LogP contribution in [0.5, 0.6) is 11.8 Å². The van der Waals surface area contributed by atoms with Crippen LogP contribution in [0.2, 0.25) is 0 Å². The van der Waals surface area contributed by atoms with Crippen molar-refractivity contribution < 1.29 is 28.1 Å². The van der Waals surface area contributed by atoms with Gasteiger partial charge in [0.2, 0.25) is 0 Å². The standard InChI is InChI=1S/C33H30F3N5O3/c1-2-20-22(35)8-7-17-12-19(42)13-21(24(17)20)27-26(36)28-25-29(37-27)30(43)23-6-3-4-11-41(23)31(25)39-32(38-28)44-16-33-9-5-10-40(33)15-18(34)14-33/h1,7-8,12-13,18,23,30,42-43H,3-6,9-11,14-16H2/t18-,23+,30-,33+/m1/s1. The van der Waals surface area contributed by atoms with E-state index in [0.29, 0.717) is 37.1 Å². The Bertz CT molecular complexity index is 1900. The summed E-state index contributed by atoms with van der Waals surface area (Å²) in [5, 5.41) is 23.1. The van der Waals surface area contributed by atoms with Gasteiger partial charge in [-0.1, -0.05) is 12.0 Å². The second-order valence-corrected chi connectivity index (χ2v) is 12.4. The summed E-state index contributed by atoms with van der Waals surface area (Å²) in [5.74, 6) is 1.08. The monoisotopic (exact) mass is 601 g/mol. The molecule has 2 aromatic carbocycles. The summed E-state index contributed by atoms with van der Waals surface area (Å²) in [6.07, 6.45) is 8.22. The fourth-order valence-corrected chi connectivity index (χ4v) is 7.96. The number of ether oxygens (including phenoxy) is 1. The number of phenols is 1. The number of anilines is 1. The van der Waals surface area contributed by atoms with Gasteiger partial charge >= 0.3 is 6.01 Å². The molecule has 4 atom stereocenters. The summed E-state index contributed by atoms with van der Waals surface area (Å²) in [6.45, 7) is 1.94. The summed E-state index contributed by atoms with van der Waals surface area (Å²) in [4.78, 5) is 18.0. The van der Waals surface area contributed by atoms with Crippen molar-refractivity contribution in [2.45, 2.75) is 62.4 Å². The number of terminal acetylenes is 1. The number of phenolic OH excluding ortho intramolecular Hbond substituents is 1. The van der Waals surface area contributed by atoms with E-state index in [0.717, 1.165) is 32.2 Å². The van der Waals surface area contributed by atoms with Gasteiger partial charge in [-0.15, -0.1) is 6.42 Å². The van der Waals surface area contributed by atoms with Gasteiger partial charge in [0.25, 0.3) is 0 Å². The molecule has 8 nitrogen and oxygen atoms in total. The first-order valence-corrected chi connectivity index (χ1v) is 15.1. The van der Waals surface area contributed by atoms with Crippen LogP contribution in [0.15, 0.2) is 24.3 Å². The highest BCUT2D eigenvalue weighted by Crippen LogP contribution is 2.47. The Kier molecular flexibility index (Phi) is 6.19. The molecule has 3 saturated heterocycles. The van der Waals surface area contributed by atoms with Crippen LogP contribution in [0, 0.1) is 24.0 Å². The lowest BCUT2D eigenvalue weighted by molar-refractivity contribution is 0.107. The van der Waals surface area contributed by atoms with Crippen molar-refractivity contribution in [3.63, 3.8) is 0 Å². The number of nitrogens with zero attached hydrogens (tertiary/aromatic N) is 5. The third kappa shape index (κ3) is 3.97. The van der Waals surface area contributed by atoms with Gasteiger partial charge in [-0.05, 0) is 62.2 Å². The molecule has 8 rings (SSSR count). The average Bonchev–Trinajstić information content (AvgIpc) is 3.55. The minimum atomic E-state index is -1.07. The lowest BCUT2D eigenvalue weighted by atomic mass is 9.89. The zero-order valence-corrected chi connectivity index (χ0v) is 23.9. The molecule has 0 aliphatic carbocycles. The third-order valence-electron chi connectivity index (χ3n) is 9.92. The summed E-state index contributed by atoms with van der Waals surface area (Å²) in [5.41, 5.74) is -0.619. The number of halogens is 3. The number of aliphatic hydroxyl groups excluding tert-OH is 1. The van der Waals surface area contributed by atoms with Gasteiger partial charge < -0.3 is 19.8 Å². The van der Waals surface area contributed by atoms with E-state index in [1.54, 1.807) is 0 Å². The molecule has 0 amide bonds. The number of rotatable bonds is 4. The Morgan fingerprint density at radius 1 is 1.09 bits per heavy atom. The van der Waals surface area contributed by atoms with Crippen molar-refractivity contribution in [1.29, 1.82) is 0 Å². The molecule has 0 radical (unpaired) electrons. The summed E-state index contributed by atoms with van der Waals surface area (Å²) in [7, 11) is 0. The number of aliphatic hydroxyl groups is 1. The first-order chi connectivity index (χ1) is 21.3. The van der Waals surface area contributed by atoms with Crippen LogP contribution < -0.4 is 9.64 Å². The van der Waals surface area contributed by atoms with Crippen molar-refractivity contribution in [2.24, 2.45) is 0 Å². The van der Waals surface area contributed by atoms with Crippen molar-refractivity contribution in [2.75, 3.05) is 31.1 Å². The minimum Gasteiger partial charge on any atom is -0.508 e. The van der Waals surface area contributed by atoms with Gasteiger partial charge in [-0.3, -0.25) is 4.90 Å². The van der Waals surface area contributed by atoms with Crippen molar-refractivity contribution in [3.8, 4) is 35.4 Å². The number of hydrogen-bond acceptors (Lipinski definition) is 8. The first-order valence-electron chi connectivity index (χ1n) is 15.1. The molecular formula is C33H30F3N5O3. The molecule has 0 saturated carbocycles. The van der Waals surface area contributed by atoms with Crippen LogP contribution in [0.1, 0.15) is 55.9 Å². The predicted molar refractivity (Wildman–Crippen MR) is 158 cm³/mol. The van der Waals surface area contributed by atoms with Crippen LogP contribution in [-0.2, 0) is 0 Å². The molecule has 2 N–H and O–H groups in total. The maximum Gasteiger partial charge on any atom is 0.319 e. The number of pyridine rings is 1. The fourth-order valence-electron chi connectivity index (χ4n) is 7.96. The maximum atomic E-state index is 16.8. The van der Waals surface area contributed by atoms with Crippen molar-refractivity contribution in [1.82, 2.24) is 19.9 Å². The highest BCUT2D eigenvalue weighted by molar-refractivity contribution is 6.03. The smallest absolute Gasteiger partial charge is 0.319 e. The molecule has 0 bridgehead atoms. The van der Waals surface area contributed by atoms with Crippen LogP contribution in [-0.4, -0.2) is 74.1 Å². The largest absolute Gasteiger partial charge is 0.508 e. The summed E-state index contributed by atoms with van der Waals surface area (Å²) in [6, 6.07) is 4.96. The molecule has 11 heteroatoms. The van der Waals surface area contributed by atoms with Gasteiger partial charge in [0.05, 0.1) is 28.2 Å². The Hall–Kier alpha value is -4.14. The molecule has 2 aromatic heterocycles. The van der Waals surface area contributed by atoms with E-state index in [-0.39, 0.29) is 63.2 Å². The topological polar surface area (TPSA) is 94.8 Å². The fraction of sp³-hybridized carbons (Fsp3) is 0.424. The van der Waals surface area contributed by atoms with Crippen molar-refractivity contribution >= 4 is 27.5 Å². The quantitative estimate of drug-likeness (QED) is 0.310. The molecule has 226 valence electrons. The normalized spacial score (nSPS) is 26.2. The molecule has 3 fully saturated rings. The Labute approximate surface area is 251 Å². The number of aromatic hydroxyl groups is 1. The third-order valence-corrected chi connectivity index (χ3v) is 9.92. The van der Waals surface area contributed by atoms with E-state index in [2.05, 4.69) is 20.8 Å². The molecule has 44 heavy (non-hydrogen) atoms. The Morgan fingerprint density at radius 3 is 2.80 bits per heavy atom. The van der Waals surface area contributed by atoms with Crippen LogP contribution in [0.3, 0.4) is 0 Å². The molecule has 4 aliphatic heterocycles. The molecule has 0 unspecified atom stereocenters. The summed E-state index contributed by atoms with van der Waals surface area (Å²) >= 11 is 0. The van der Waals surface area contributed by atoms with Gasteiger partial charge in [-0.2, -0.15) is 9.97 Å². The first kappa shape index (κ1) is 27.4. The van der Waals surface area contributed by atoms with E-state index < -0.39 is 29.4 Å². The Balaban J connectivity index is 1.35. The second kappa shape index (κ2) is 9.94. The van der Waals surface area contributed by atoms with E-state index >= 15 is 4.39 Å². The number of piperidine rings is 1. The Morgan fingerprint density at radius 2 is 1.95 bits per heavy atom. The average molecular weight is 602 g/mol. The molecule has 0 spiro atoms. The zero-order valence-electron chi connectivity index (χ0n) is 23.9. The van der Waals surface area contributed by atoms with Crippen LogP contribution in [0.25, 0.3) is 32.9 Å². The maximum absolute atomic E-state index is 16.8. The number of aromatic nitrogens is 3. The molecular weight excluding hydrogens is 571 g/mol. The lowest BCUT2D eigenvalue weighted by Crippen LogP contribution is -2.47.